The van der Waals surface area contributed by atoms with E-state index in [0.29, 0.717) is 5.88 Å². The monoisotopic (exact) mass is 397 g/mol. The van der Waals surface area contributed by atoms with Gasteiger partial charge in [-0.05, 0) is 56.7 Å². The summed E-state index contributed by atoms with van der Waals surface area (Å²) in [5.41, 5.74) is 1.83. The van der Waals surface area contributed by atoms with Crippen LogP contribution in [0, 0.1) is 3.57 Å². The molecule has 0 aliphatic carbocycles. The van der Waals surface area contributed by atoms with Crippen LogP contribution in [-0.2, 0) is 5.88 Å². The van der Waals surface area contributed by atoms with Gasteiger partial charge in [-0.15, -0.1) is 16.7 Å². The standard InChI is InChI=1S/C9H6BrClIN3/c10-8-2-1-6(12)3-9(8)15-7(4-11)5-13-14-15/h1-3,5H,4H2. The van der Waals surface area contributed by atoms with E-state index in [0.717, 1.165) is 19.4 Å². The molecule has 2 aromatic rings. The van der Waals surface area contributed by atoms with Gasteiger partial charge in [0, 0.05) is 8.04 Å². The average Bonchev–Trinajstić information content (AvgIpc) is 2.69. The maximum Gasteiger partial charge on any atom is 0.0819 e. The van der Waals surface area contributed by atoms with E-state index in [4.69, 9.17) is 11.6 Å². The van der Waals surface area contributed by atoms with Gasteiger partial charge in [-0.3, -0.25) is 0 Å². The lowest BCUT2D eigenvalue weighted by Gasteiger charge is -2.06. The predicted molar refractivity (Wildman–Crippen MR) is 71.3 cm³/mol. The molecule has 0 atom stereocenters. The first-order chi connectivity index (χ1) is 7.22. The number of rotatable bonds is 2. The number of nitrogens with zero attached hydrogens (tertiary/aromatic N) is 3. The van der Waals surface area contributed by atoms with Crippen molar-refractivity contribution in [3.8, 4) is 5.69 Å². The summed E-state index contributed by atoms with van der Waals surface area (Å²) in [7, 11) is 0. The summed E-state index contributed by atoms with van der Waals surface area (Å²) >= 11 is 11.5. The van der Waals surface area contributed by atoms with Crippen molar-refractivity contribution in [3.05, 3.63) is 38.1 Å². The van der Waals surface area contributed by atoms with E-state index in [2.05, 4.69) is 48.8 Å². The fourth-order valence-corrected chi connectivity index (χ4v) is 2.27. The molecule has 0 aliphatic rings. The van der Waals surface area contributed by atoms with E-state index in [1.165, 1.54) is 0 Å². The number of hydrogen-bond acceptors (Lipinski definition) is 2. The normalized spacial score (nSPS) is 10.6. The second-order valence-electron chi connectivity index (χ2n) is 2.87. The Morgan fingerprint density at radius 2 is 2.27 bits per heavy atom. The molecule has 1 aromatic heterocycles. The van der Waals surface area contributed by atoms with Gasteiger partial charge >= 0.3 is 0 Å². The molecule has 15 heavy (non-hydrogen) atoms. The SMILES string of the molecule is ClCc1cnnn1-c1cc(I)ccc1Br. The molecular formula is C9H6BrClIN3. The molecule has 0 spiro atoms. The van der Waals surface area contributed by atoms with Gasteiger partial charge in [0.2, 0.25) is 0 Å². The predicted octanol–water partition coefficient (Wildman–Crippen LogP) is 3.37. The molecule has 0 aliphatic heterocycles. The quantitative estimate of drug-likeness (QED) is 0.574. The van der Waals surface area contributed by atoms with E-state index >= 15 is 0 Å². The molecule has 0 saturated heterocycles. The van der Waals surface area contributed by atoms with E-state index in [1.807, 2.05) is 18.2 Å². The molecule has 0 saturated carbocycles. The van der Waals surface area contributed by atoms with Crippen LogP contribution in [0.15, 0.2) is 28.9 Å². The average molecular weight is 398 g/mol. The Bertz CT molecular complexity index is 486. The maximum atomic E-state index is 5.80. The zero-order valence-corrected chi connectivity index (χ0v) is 12.0. The number of hydrogen-bond donors (Lipinski definition) is 0. The minimum atomic E-state index is 0.394. The first kappa shape index (κ1) is 11.3. The van der Waals surface area contributed by atoms with E-state index in [1.54, 1.807) is 10.9 Å². The molecule has 0 radical (unpaired) electrons. The zero-order valence-electron chi connectivity index (χ0n) is 7.49. The highest BCUT2D eigenvalue weighted by Crippen LogP contribution is 2.23. The van der Waals surface area contributed by atoms with Crippen molar-refractivity contribution in [1.29, 1.82) is 0 Å². The third-order valence-corrected chi connectivity index (χ3v) is 3.51. The van der Waals surface area contributed by atoms with Gasteiger partial charge < -0.3 is 0 Å². The van der Waals surface area contributed by atoms with Crippen molar-refractivity contribution in [3.63, 3.8) is 0 Å². The van der Waals surface area contributed by atoms with Crippen molar-refractivity contribution in [2.24, 2.45) is 0 Å². The zero-order chi connectivity index (χ0) is 10.8. The van der Waals surface area contributed by atoms with E-state index in [9.17, 15) is 0 Å². The summed E-state index contributed by atoms with van der Waals surface area (Å²) in [5.74, 6) is 0.394. The first-order valence-corrected chi connectivity index (χ1v) is 6.54. The topological polar surface area (TPSA) is 30.7 Å². The molecule has 1 heterocycles. The van der Waals surface area contributed by atoms with Gasteiger partial charge in [0.1, 0.15) is 0 Å². The molecule has 2 rings (SSSR count). The third-order valence-electron chi connectivity index (χ3n) is 1.89. The molecule has 0 fully saturated rings. The van der Waals surface area contributed by atoms with Gasteiger partial charge in [0.05, 0.1) is 23.5 Å². The first-order valence-electron chi connectivity index (χ1n) is 4.13. The van der Waals surface area contributed by atoms with Crippen molar-refractivity contribution in [2.45, 2.75) is 5.88 Å². The summed E-state index contributed by atoms with van der Waals surface area (Å²) in [4.78, 5) is 0. The fourth-order valence-electron chi connectivity index (χ4n) is 1.20. The Hall–Kier alpha value is -0.140. The highest BCUT2D eigenvalue weighted by molar-refractivity contribution is 14.1. The van der Waals surface area contributed by atoms with Gasteiger partial charge in [-0.25, -0.2) is 4.68 Å². The van der Waals surface area contributed by atoms with Crippen LogP contribution in [-0.4, -0.2) is 15.0 Å². The van der Waals surface area contributed by atoms with Gasteiger partial charge in [0.25, 0.3) is 0 Å². The summed E-state index contributed by atoms with van der Waals surface area (Å²) in [6.45, 7) is 0. The molecule has 0 bridgehead atoms. The van der Waals surface area contributed by atoms with Crippen LogP contribution in [0.4, 0.5) is 0 Å². The Labute approximate surface area is 114 Å². The number of alkyl halides is 1. The second-order valence-corrected chi connectivity index (χ2v) is 5.23. The van der Waals surface area contributed by atoms with Crippen molar-refractivity contribution in [2.75, 3.05) is 0 Å². The fraction of sp³-hybridized carbons (Fsp3) is 0.111. The van der Waals surface area contributed by atoms with E-state index < -0.39 is 0 Å². The summed E-state index contributed by atoms with van der Waals surface area (Å²) in [6, 6.07) is 6.03. The molecule has 0 unspecified atom stereocenters. The lowest BCUT2D eigenvalue weighted by Crippen LogP contribution is -2.02. The summed E-state index contributed by atoms with van der Waals surface area (Å²) in [6.07, 6.45) is 1.67. The van der Waals surface area contributed by atoms with E-state index in [-0.39, 0.29) is 0 Å². The molecule has 0 amide bonds. The van der Waals surface area contributed by atoms with Crippen LogP contribution in [0.1, 0.15) is 5.69 Å². The number of benzene rings is 1. The molecular weight excluding hydrogens is 392 g/mol. The Morgan fingerprint density at radius 1 is 1.47 bits per heavy atom. The Morgan fingerprint density at radius 3 is 3.00 bits per heavy atom. The van der Waals surface area contributed by atoms with Crippen LogP contribution < -0.4 is 0 Å². The van der Waals surface area contributed by atoms with Crippen LogP contribution in [0.5, 0.6) is 0 Å². The largest absolute Gasteiger partial charge is 0.215 e. The lowest BCUT2D eigenvalue weighted by atomic mass is 10.3. The lowest BCUT2D eigenvalue weighted by molar-refractivity contribution is 0.778. The van der Waals surface area contributed by atoms with Crippen LogP contribution >= 0.6 is 50.1 Å². The minimum absolute atomic E-state index is 0.394. The molecule has 1 aromatic carbocycles. The van der Waals surface area contributed by atoms with Crippen LogP contribution in [0.2, 0.25) is 0 Å². The highest BCUT2D eigenvalue weighted by atomic mass is 127. The van der Waals surface area contributed by atoms with Crippen LogP contribution in [0.3, 0.4) is 0 Å². The molecule has 78 valence electrons. The third kappa shape index (κ3) is 2.34. The number of aromatic nitrogens is 3. The van der Waals surface area contributed by atoms with Crippen molar-refractivity contribution in [1.82, 2.24) is 15.0 Å². The van der Waals surface area contributed by atoms with Gasteiger partial charge in [-0.2, -0.15) is 0 Å². The maximum absolute atomic E-state index is 5.80. The Kier molecular flexibility index (Phi) is 3.63. The van der Waals surface area contributed by atoms with Crippen molar-refractivity contribution >= 4 is 50.1 Å². The molecule has 6 heteroatoms. The van der Waals surface area contributed by atoms with Crippen LogP contribution in [0.25, 0.3) is 5.69 Å². The van der Waals surface area contributed by atoms with Gasteiger partial charge in [0.15, 0.2) is 0 Å². The van der Waals surface area contributed by atoms with Gasteiger partial charge in [-0.1, -0.05) is 5.21 Å². The minimum Gasteiger partial charge on any atom is -0.215 e. The summed E-state index contributed by atoms with van der Waals surface area (Å²) in [5, 5.41) is 7.85. The highest BCUT2D eigenvalue weighted by Gasteiger charge is 2.08. The Balaban J connectivity index is 2.58. The van der Waals surface area contributed by atoms with Crippen molar-refractivity contribution < 1.29 is 0 Å². The second kappa shape index (κ2) is 4.80. The number of halogens is 3. The molecule has 3 nitrogen and oxygen atoms in total. The molecule has 0 N–H and O–H groups in total. The smallest absolute Gasteiger partial charge is 0.0819 e. The summed E-state index contributed by atoms with van der Waals surface area (Å²) < 4.78 is 3.85.